The van der Waals surface area contributed by atoms with E-state index >= 15 is 0 Å². The Labute approximate surface area is 130 Å². The quantitative estimate of drug-likeness (QED) is 0.727. The Morgan fingerprint density at radius 2 is 2.00 bits per heavy atom. The Balaban J connectivity index is 1.87. The number of nitrogens with zero attached hydrogens (tertiary/aromatic N) is 3. The molecule has 0 aliphatic carbocycles. The first-order valence-electron chi connectivity index (χ1n) is 7.20. The topological polar surface area (TPSA) is 62.7 Å². The second-order valence-electron chi connectivity index (χ2n) is 4.74. The highest BCUT2D eigenvalue weighted by Crippen LogP contribution is 2.15. The van der Waals surface area contributed by atoms with Crippen LogP contribution >= 0.6 is 11.6 Å². The summed E-state index contributed by atoms with van der Waals surface area (Å²) in [6.45, 7) is 3.65. The van der Waals surface area contributed by atoms with Crippen LogP contribution in [-0.4, -0.2) is 21.7 Å². The summed E-state index contributed by atoms with van der Waals surface area (Å²) in [6.07, 6.45) is 5.17. The molecule has 0 atom stereocenters. The van der Waals surface area contributed by atoms with Crippen LogP contribution in [0.2, 0.25) is 5.02 Å². The predicted molar refractivity (Wildman–Crippen MR) is 86.6 cm³/mol. The molecule has 0 saturated heterocycles. The molecule has 0 radical (unpaired) electrons. The van der Waals surface area contributed by atoms with Crippen molar-refractivity contribution < 1.29 is 0 Å². The van der Waals surface area contributed by atoms with Crippen LogP contribution in [0.1, 0.15) is 31.7 Å². The average Bonchev–Trinajstić information content (AvgIpc) is 2.51. The van der Waals surface area contributed by atoms with E-state index < -0.39 is 0 Å². The molecule has 0 aliphatic rings. The van der Waals surface area contributed by atoms with Gasteiger partial charge in [-0.15, -0.1) is 5.10 Å². The zero-order valence-electron chi connectivity index (χ0n) is 12.1. The Hall–Kier alpha value is -1.88. The molecule has 0 spiro atoms. The number of hydrogen-bond donors (Lipinski definition) is 2. The van der Waals surface area contributed by atoms with Gasteiger partial charge in [0, 0.05) is 18.1 Å². The molecule has 1 aromatic heterocycles. The van der Waals surface area contributed by atoms with E-state index in [1.54, 1.807) is 6.20 Å². The first kappa shape index (κ1) is 15.5. The second kappa shape index (κ2) is 8.42. The highest BCUT2D eigenvalue weighted by atomic mass is 35.5. The molecule has 2 N–H and O–H groups in total. The molecule has 0 amide bonds. The van der Waals surface area contributed by atoms with Gasteiger partial charge in [-0.1, -0.05) is 49.6 Å². The van der Waals surface area contributed by atoms with E-state index in [4.69, 9.17) is 11.6 Å². The van der Waals surface area contributed by atoms with Gasteiger partial charge in [0.15, 0.2) is 0 Å². The molecular weight excluding hydrogens is 286 g/mol. The van der Waals surface area contributed by atoms with Gasteiger partial charge in [-0.2, -0.15) is 10.1 Å². The van der Waals surface area contributed by atoms with Crippen molar-refractivity contribution >= 4 is 23.4 Å². The molecule has 0 unspecified atom stereocenters. The number of rotatable bonds is 8. The van der Waals surface area contributed by atoms with Crippen molar-refractivity contribution in [3.05, 3.63) is 41.0 Å². The highest BCUT2D eigenvalue weighted by molar-refractivity contribution is 6.31. The molecular formula is C15H20ClN5. The smallest absolute Gasteiger partial charge is 0.244 e. The van der Waals surface area contributed by atoms with E-state index in [2.05, 4.69) is 32.7 Å². The van der Waals surface area contributed by atoms with E-state index in [0.717, 1.165) is 29.4 Å². The van der Waals surface area contributed by atoms with E-state index in [0.29, 0.717) is 12.5 Å². The molecule has 0 aliphatic heterocycles. The molecule has 112 valence electrons. The lowest BCUT2D eigenvalue weighted by Crippen LogP contribution is -2.09. The lowest BCUT2D eigenvalue weighted by Gasteiger charge is -2.08. The standard InChI is InChI=1S/C15H20ClN5/c1-2-3-6-9-17-14-11-19-21-15(20-14)18-10-12-7-4-5-8-13(12)16/h4-5,7-8,11H,2-3,6,9-10H2,1H3,(H2,17,18,20,21). The van der Waals surface area contributed by atoms with Gasteiger partial charge in [-0.3, -0.25) is 0 Å². The summed E-state index contributed by atoms with van der Waals surface area (Å²) in [5.74, 6) is 1.23. The molecule has 1 heterocycles. The molecule has 0 fully saturated rings. The van der Waals surface area contributed by atoms with E-state index in [1.165, 1.54) is 12.8 Å². The summed E-state index contributed by atoms with van der Waals surface area (Å²) in [5.41, 5.74) is 1.00. The fourth-order valence-corrected chi connectivity index (χ4v) is 2.07. The molecule has 0 saturated carbocycles. The lowest BCUT2D eigenvalue weighted by molar-refractivity contribution is 0.741. The Morgan fingerprint density at radius 3 is 2.81 bits per heavy atom. The van der Waals surface area contributed by atoms with Crippen molar-refractivity contribution in [3.63, 3.8) is 0 Å². The van der Waals surface area contributed by atoms with Crippen molar-refractivity contribution in [2.45, 2.75) is 32.7 Å². The number of benzene rings is 1. The largest absolute Gasteiger partial charge is 0.369 e. The zero-order chi connectivity index (χ0) is 14.9. The number of anilines is 2. The number of aromatic nitrogens is 3. The average molecular weight is 306 g/mol. The van der Waals surface area contributed by atoms with Crippen molar-refractivity contribution in [3.8, 4) is 0 Å². The van der Waals surface area contributed by atoms with Crippen molar-refractivity contribution in [2.75, 3.05) is 17.2 Å². The summed E-state index contributed by atoms with van der Waals surface area (Å²) in [5, 5.41) is 15.0. The predicted octanol–water partition coefficient (Wildman–Crippen LogP) is 3.74. The maximum absolute atomic E-state index is 6.11. The number of nitrogens with one attached hydrogen (secondary N) is 2. The fraction of sp³-hybridized carbons (Fsp3) is 0.400. The maximum atomic E-state index is 6.11. The van der Waals surface area contributed by atoms with Gasteiger partial charge in [0.2, 0.25) is 5.95 Å². The SMILES string of the molecule is CCCCCNc1cnnc(NCc2ccccc2Cl)n1. The number of unbranched alkanes of at least 4 members (excludes halogenated alkanes) is 2. The van der Waals surface area contributed by atoms with E-state index in [9.17, 15) is 0 Å². The summed E-state index contributed by atoms with van der Waals surface area (Å²) in [7, 11) is 0. The van der Waals surface area contributed by atoms with Gasteiger partial charge in [-0.25, -0.2) is 0 Å². The third-order valence-electron chi connectivity index (χ3n) is 3.04. The highest BCUT2D eigenvalue weighted by Gasteiger charge is 2.02. The minimum absolute atomic E-state index is 0.496. The van der Waals surface area contributed by atoms with Crippen LogP contribution in [0.4, 0.5) is 11.8 Å². The summed E-state index contributed by atoms with van der Waals surface area (Å²) in [4.78, 5) is 4.38. The second-order valence-corrected chi connectivity index (χ2v) is 5.15. The van der Waals surface area contributed by atoms with E-state index in [-0.39, 0.29) is 0 Å². The van der Waals surface area contributed by atoms with Crippen molar-refractivity contribution in [1.29, 1.82) is 0 Å². The van der Waals surface area contributed by atoms with Gasteiger partial charge in [0.05, 0.1) is 6.20 Å². The van der Waals surface area contributed by atoms with Gasteiger partial charge in [0.1, 0.15) is 5.82 Å². The number of halogens is 1. The Morgan fingerprint density at radius 1 is 1.14 bits per heavy atom. The third kappa shape index (κ3) is 5.19. The minimum atomic E-state index is 0.496. The van der Waals surface area contributed by atoms with Crippen LogP contribution in [0.3, 0.4) is 0 Å². The van der Waals surface area contributed by atoms with E-state index in [1.807, 2.05) is 24.3 Å². The Kier molecular flexibility index (Phi) is 6.22. The first-order chi connectivity index (χ1) is 10.3. The molecule has 2 rings (SSSR count). The van der Waals surface area contributed by atoms with Gasteiger partial charge < -0.3 is 10.6 Å². The number of hydrogen-bond acceptors (Lipinski definition) is 5. The van der Waals surface area contributed by atoms with Crippen molar-refractivity contribution in [1.82, 2.24) is 15.2 Å². The summed E-state index contributed by atoms with van der Waals surface area (Å²) >= 11 is 6.11. The van der Waals surface area contributed by atoms with Crippen LogP contribution in [0.5, 0.6) is 0 Å². The molecule has 21 heavy (non-hydrogen) atoms. The van der Waals surface area contributed by atoms with Gasteiger partial charge in [0.25, 0.3) is 0 Å². The maximum Gasteiger partial charge on any atom is 0.244 e. The molecule has 0 bridgehead atoms. The zero-order valence-corrected chi connectivity index (χ0v) is 12.9. The molecule has 6 heteroatoms. The minimum Gasteiger partial charge on any atom is -0.369 e. The summed E-state index contributed by atoms with van der Waals surface area (Å²) in [6, 6.07) is 7.69. The van der Waals surface area contributed by atoms with Crippen LogP contribution in [-0.2, 0) is 6.54 Å². The van der Waals surface area contributed by atoms with Crippen LogP contribution < -0.4 is 10.6 Å². The Bertz CT molecular complexity index is 561. The first-order valence-corrected chi connectivity index (χ1v) is 7.58. The summed E-state index contributed by atoms with van der Waals surface area (Å²) < 4.78 is 0. The van der Waals surface area contributed by atoms with Gasteiger partial charge >= 0.3 is 0 Å². The van der Waals surface area contributed by atoms with Gasteiger partial charge in [-0.05, 0) is 18.1 Å². The van der Waals surface area contributed by atoms with Crippen molar-refractivity contribution in [2.24, 2.45) is 0 Å². The third-order valence-corrected chi connectivity index (χ3v) is 3.41. The van der Waals surface area contributed by atoms with Crippen LogP contribution in [0.15, 0.2) is 30.5 Å². The molecule has 2 aromatic rings. The normalized spacial score (nSPS) is 10.4. The lowest BCUT2D eigenvalue weighted by atomic mass is 10.2. The molecule has 5 nitrogen and oxygen atoms in total. The molecule has 1 aromatic carbocycles. The van der Waals surface area contributed by atoms with Crippen LogP contribution in [0, 0.1) is 0 Å². The fourth-order valence-electron chi connectivity index (χ4n) is 1.87. The van der Waals surface area contributed by atoms with Crippen LogP contribution in [0.25, 0.3) is 0 Å². The monoisotopic (exact) mass is 305 g/mol.